The third-order valence-corrected chi connectivity index (χ3v) is 5.54. The number of esters is 2. The maximum atomic E-state index is 13.1. The molecule has 0 atom stereocenters. The van der Waals surface area contributed by atoms with Crippen molar-refractivity contribution in [3.8, 4) is 0 Å². The molecule has 33 heavy (non-hydrogen) atoms. The summed E-state index contributed by atoms with van der Waals surface area (Å²) in [6.07, 6.45) is 0.773. The van der Waals surface area contributed by atoms with Crippen LogP contribution in [-0.2, 0) is 31.9 Å². The van der Waals surface area contributed by atoms with Crippen LogP contribution in [-0.4, -0.2) is 35.1 Å². The highest BCUT2D eigenvalue weighted by Gasteiger charge is 2.48. The maximum Gasteiger partial charge on any atom is 0.323 e. The normalized spacial score (nSPS) is 11.7. The van der Waals surface area contributed by atoms with Crippen molar-refractivity contribution < 1.29 is 27.9 Å². The quantitative estimate of drug-likeness (QED) is 0.254. The molecule has 172 valence electrons. The first-order valence-corrected chi connectivity index (χ1v) is 11.1. The van der Waals surface area contributed by atoms with Gasteiger partial charge in [-0.2, -0.15) is 0 Å². The molecule has 0 radical (unpaired) electrons. The van der Waals surface area contributed by atoms with Gasteiger partial charge in [0.05, 0.1) is 13.2 Å². The number of benzene rings is 2. The molecular formula is C25H26N2O6. The van der Waals surface area contributed by atoms with E-state index in [-0.39, 0.29) is 38.9 Å². The van der Waals surface area contributed by atoms with E-state index in [1.165, 1.54) is 0 Å². The lowest BCUT2D eigenvalue weighted by Crippen LogP contribution is -2.43. The van der Waals surface area contributed by atoms with Gasteiger partial charge in [0, 0.05) is 12.8 Å². The average molecular weight is 450 g/mol. The Kier molecular flexibility index (Phi) is 6.72. The summed E-state index contributed by atoms with van der Waals surface area (Å²) in [5, 5.41) is 0. The lowest BCUT2D eigenvalue weighted by Gasteiger charge is -2.28. The second-order valence-corrected chi connectivity index (χ2v) is 7.67. The van der Waals surface area contributed by atoms with E-state index in [4.69, 9.17) is 18.3 Å². The monoisotopic (exact) mass is 450 g/mol. The predicted molar refractivity (Wildman–Crippen MR) is 120 cm³/mol. The second-order valence-electron chi connectivity index (χ2n) is 7.67. The van der Waals surface area contributed by atoms with Gasteiger partial charge in [-0.1, -0.05) is 24.3 Å². The second kappa shape index (κ2) is 9.85. The first kappa shape index (κ1) is 22.5. The zero-order chi connectivity index (χ0) is 23.3. The van der Waals surface area contributed by atoms with Crippen LogP contribution in [0.4, 0.5) is 0 Å². The summed E-state index contributed by atoms with van der Waals surface area (Å²) in [5.41, 5.74) is 1.20. The molecule has 0 unspecified atom stereocenters. The van der Waals surface area contributed by atoms with Crippen LogP contribution in [0.5, 0.6) is 0 Å². The number of aryl methyl sites for hydroxylation is 2. The van der Waals surface area contributed by atoms with Crippen molar-refractivity contribution in [1.29, 1.82) is 0 Å². The van der Waals surface area contributed by atoms with Gasteiger partial charge in [-0.25, -0.2) is 9.97 Å². The fraction of sp³-hybridized carbons (Fsp3) is 0.360. The highest BCUT2D eigenvalue weighted by Crippen LogP contribution is 2.34. The van der Waals surface area contributed by atoms with Crippen molar-refractivity contribution >= 4 is 34.1 Å². The molecule has 0 aliphatic carbocycles. The molecule has 0 aliphatic rings. The largest absolute Gasteiger partial charge is 0.465 e. The van der Waals surface area contributed by atoms with Gasteiger partial charge >= 0.3 is 11.9 Å². The minimum absolute atomic E-state index is 0.123. The Balaban J connectivity index is 1.62. The van der Waals surface area contributed by atoms with Gasteiger partial charge in [0.15, 0.2) is 28.4 Å². The lowest BCUT2D eigenvalue weighted by atomic mass is 9.78. The molecule has 0 aliphatic heterocycles. The molecule has 0 amide bonds. The smallest absolute Gasteiger partial charge is 0.323 e. The summed E-state index contributed by atoms with van der Waals surface area (Å²) in [6, 6.07) is 14.8. The predicted octanol–water partition coefficient (Wildman–Crippen LogP) is 4.65. The third-order valence-electron chi connectivity index (χ3n) is 5.54. The number of nitrogens with zero attached hydrogens (tertiary/aromatic N) is 2. The van der Waals surface area contributed by atoms with Gasteiger partial charge in [0.25, 0.3) is 0 Å². The van der Waals surface area contributed by atoms with Crippen LogP contribution in [0, 0.1) is 5.41 Å². The maximum absolute atomic E-state index is 13.1. The highest BCUT2D eigenvalue weighted by atomic mass is 16.6. The number of hydrogen-bond acceptors (Lipinski definition) is 8. The fourth-order valence-corrected chi connectivity index (χ4v) is 3.85. The summed E-state index contributed by atoms with van der Waals surface area (Å²) in [7, 11) is 0. The van der Waals surface area contributed by atoms with Crippen molar-refractivity contribution in [3.63, 3.8) is 0 Å². The number of para-hydroxylation sites is 4. The van der Waals surface area contributed by atoms with E-state index >= 15 is 0 Å². The van der Waals surface area contributed by atoms with E-state index in [0.29, 0.717) is 22.9 Å². The molecule has 2 aromatic carbocycles. The van der Waals surface area contributed by atoms with Gasteiger partial charge < -0.3 is 18.3 Å². The van der Waals surface area contributed by atoms with Gasteiger partial charge in [0.1, 0.15) is 11.0 Å². The number of oxazole rings is 2. The summed E-state index contributed by atoms with van der Waals surface area (Å²) < 4.78 is 22.3. The number of ether oxygens (including phenoxy) is 2. The molecule has 0 saturated heterocycles. The summed E-state index contributed by atoms with van der Waals surface area (Å²) in [5.74, 6) is -0.376. The van der Waals surface area contributed by atoms with E-state index in [1.54, 1.807) is 13.8 Å². The molecule has 4 aromatic rings. The van der Waals surface area contributed by atoms with Crippen molar-refractivity contribution in [2.24, 2.45) is 5.41 Å². The highest BCUT2D eigenvalue weighted by molar-refractivity contribution is 6.00. The third kappa shape index (κ3) is 4.74. The first-order valence-electron chi connectivity index (χ1n) is 11.1. The van der Waals surface area contributed by atoms with E-state index in [9.17, 15) is 9.59 Å². The van der Waals surface area contributed by atoms with Crippen molar-refractivity contribution in [3.05, 3.63) is 60.3 Å². The molecule has 0 fully saturated rings. The van der Waals surface area contributed by atoms with Crippen LogP contribution in [0.2, 0.25) is 0 Å². The Morgan fingerprint density at radius 1 is 0.758 bits per heavy atom. The first-order chi connectivity index (χ1) is 16.1. The molecule has 0 spiro atoms. The number of hydrogen-bond donors (Lipinski definition) is 0. The lowest BCUT2D eigenvalue weighted by molar-refractivity contribution is -0.173. The molecular weight excluding hydrogens is 424 g/mol. The fourth-order valence-electron chi connectivity index (χ4n) is 3.85. The number of carbonyl (C=O) groups excluding carboxylic acids is 2. The van der Waals surface area contributed by atoms with E-state index < -0.39 is 17.4 Å². The van der Waals surface area contributed by atoms with E-state index in [0.717, 1.165) is 11.0 Å². The van der Waals surface area contributed by atoms with E-state index in [1.807, 2.05) is 48.5 Å². The Bertz CT molecular complexity index is 1090. The minimum atomic E-state index is -1.53. The number of carbonyl (C=O) groups is 2. The number of rotatable bonds is 10. The average Bonchev–Trinajstić information content (AvgIpc) is 3.43. The van der Waals surface area contributed by atoms with Crippen LogP contribution in [0.3, 0.4) is 0 Å². The summed E-state index contributed by atoms with van der Waals surface area (Å²) in [4.78, 5) is 35.2. The summed E-state index contributed by atoms with van der Waals surface area (Å²) in [6.45, 7) is 3.70. The Morgan fingerprint density at radius 2 is 1.18 bits per heavy atom. The molecule has 2 aromatic heterocycles. The summed E-state index contributed by atoms with van der Waals surface area (Å²) >= 11 is 0. The van der Waals surface area contributed by atoms with Crippen molar-refractivity contribution in [2.75, 3.05) is 13.2 Å². The van der Waals surface area contributed by atoms with Gasteiger partial charge in [-0.05, 0) is 51.0 Å². The number of fused-ring (bicyclic) bond motifs is 2. The Morgan fingerprint density at radius 3 is 1.58 bits per heavy atom. The SMILES string of the molecule is CCOC(=O)C(CCc1nc2ccccc2o1)(CCc1nc2ccccc2o1)C(=O)OCC. The van der Waals surface area contributed by atoms with Crippen molar-refractivity contribution in [2.45, 2.75) is 39.5 Å². The zero-order valence-corrected chi connectivity index (χ0v) is 18.7. The molecule has 8 nitrogen and oxygen atoms in total. The molecule has 0 saturated carbocycles. The van der Waals surface area contributed by atoms with Crippen LogP contribution >= 0.6 is 0 Å². The topological polar surface area (TPSA) is 105 Å². The zero-order valence-electron chi connectivity index (χ0n) is 18.7. The van der Waals surface area contributed by atoms with Gasteiger partial charge in [-0.15, -0.1) is 0 Å². The van der Waals surface area contributed by atoms with Gasteiger partial charge in [-0.3, -0.25) is 9.59 Å². The van der Waals surface area contributed by atoms with Crippen LogP contribution in [0.1, 0.15) is 38.5 Å². The standard InChI is InChI=1S/C25H26N2O6/c1-3-30-23(28)25(24(29)31-4-2,15-13-21-26-17-9-5-7-11-19(17)32-21)16-14-22-27-18-10-6-8-12-20(18)33-22/h5-12H,3-4,13-16H2,1-2H3. The number of aromatic nitrogens is 2. The van der Waals surface area contributed by atoms with Gasteiger partial charge in [0.2, 0.25) is 0 Å². The molecule has 0 N–H and O–H groups in total. The van der Waals surface area contributed by atoms with Crippen LogP contribution in [0.25, 0.3) is 22.2 Å². The molecule has 2 heterocycles. The molecule has 0 bridgehead atoms. The Labute approximate surface area is 190 Å². The van der Waals surface area contributed by atoms with E-state index in [2.05, 4.69) is 9.97 Å². The molecule has 4 rings (SSSR count). The van der Waals surface area contributed by atoms with Crippen LogP contribution in [0.15, 0.2) is 57.4 Å². The van der Waals surface area contributed by atoms with Crippen molar-refractivity contribution in [1.82, 2.24) is 9.97 Å². The molecule has 8 heteroatoms. The Hall–Kier alpha value is -3.68. The minimum Gasteiger partial charge on any atom is -0.465 e. The van der Waals surface area contributed by atoms with Crippen LogP contribution < -0.4 is 0 Å².